The molecule has 6 atom stereocenters. The quantitative estimate of drug-likeness (QED) is 0.240. The summed E-state index contributed by atoms with van der Waals surface area (Å²) in [4.78, 5) is 11.2. The first-order chi connectivity index (χ1) is 16.1. The van der Waals surface area contributed by atoms with Crippen LogP contribution in [0.2, 0.25) is 0 Å². The van der Waals surface area contributed by atoms with Gasteiger partial charge in [-0.15, -0.1) is 0 Å². The number of unbranched alkanes of at least 4 members (excludes halogenated alkanes) is 9. The molecule has 8 heteroatoms. The highest BCUT2D eigenvalue weighted by Gasteiger charge is 2.55. The van der Waals surface area contributed by atoms with Crippen LogP contribution in [0.3, 0.4) is 0 Å². The molecule has 2 saturated heterocycles. The third-order valence-corrected chi connectivity index (χ3v) is 6.43. The topological polar surface area (TPSA) is 100 Å². The van der Waals surface area contributed by atoms with E-state index in [0.29, 0.717) is 6.61 Å². The van der Waals surface area contributed by atoms with Crippen molar-refractivity contribution in [2.24, 2.45) is 0 Å². The molecule has 0 saturated carbocycles. The zero-order valence-electron chi connectivity index (χ0n) is 19.7. The average molecular weight is 466 g/mol. The first kappa shape index (κ1) is 26.0. The number of nitrogens with zero attached hydrogens (tertiary/aromatic N) is 1. The first-order valence-corrected chi connectivity index (χ1v) is 12.5. The van der Waals surface area contributed by atoms with Gasteiger partial charge in [-0.1, -0.05) is 95.0 Å². The number of aliphatic hydroxyl groups excluding tert-OH is 1. The Morgan fingerprint density at radius 3 is 2.27 bits per heavy atom. The van der Waals surface area contributed by atoms with Crippen molar-refractivity contribution in [3.63, 3.8) is 0 Å². The molecule has 1 unspecified atom stereocenters. The second kappa shape index (κ2) is 14.0. The van der Waals surface area contributed by atoms with Gasteiger partial charge in [-0.3, -0.25) is 10.1 Å². The van der Waals surface area contributed by atoms with Crippen LogP contribution in [0.15, 0.2) is 30.3 Å². The van der Waals surface area contributed by atoms with E-state index in [0.717, 1.165) is 24.8 Å². The van der Waals surface area contributed by atoms with Crippen LogP contribution in [0.4, 0.5) is 0 Å². The van der Waals surface area contributed by atoms with Gasteiger partial charge in [0.05, 0.1) is 13.2 Å². The molecule has 0 radical (unpaired) electrons. The molecule has 3 rings (SSSR count). The van der Waals surface area contributed by atoms with Crippen LogP contribution in [-0.2, 0) is 18.9 Å². The van der Waals surface area contributed by atoms with E-state index in [-0.39, 0.29) is 6.61 Å². The number of benzene rings is 1. The van der Waals surface area contributed by atoms with Gasteiger partial charge in [0.25, 0.3) is 6.04 Å². The van der Waals surface area contributed by atoms with E-state index in [1.165, 1.54) is 44.9 Å². The van der Waals surface area contributed by atoms with E-state index in [4.69, 9.17) is 18.9 Å². The molecule has 0 aromatic heterocycles. The fourth-order valence-corrected chi connectivity index (χ4v) is 4.51. The normalized spacial score (nSPS) is 29.5. The van der Waals surface area contributed by atoms with E-state index in [9.17, 15) is 15.2 Å². The van der Waals surface area contributed by atoms with Crippen LogP contribution in [0.25, 0.3) is 0 Å². The van der Waals surface area contributed by atoms with Gasteiger partial charge in [0, 0.05) is 10.5 Å². The molecular weight excluding hydrogens is 426 g/mol. The number of hydrogen-bond donors (Lipinski definition) is 1. The van der Waals surface area contributed by atoms with Crippen molar-refractivity contribution in [3.05, 3.63) is 46.0 Å². The number of aliphatic hydroxyl groups is 1. The lowest BCUT2D eigenvalue weighted by Gasteiger charge is -2.44. The zero-order valence-corrected chi connectivity index (χ0v) is 19.7. The fourth-order valence-electron chi connectivity index (χ4n) is 4.51. The molecule has 2 aliphatic heterocycles. The van der Waals surface area contributed by atoms with E-state index in [1.807, 2.05) is 30.3 Å². The molecular formula is C25H39NO7. The second-order valence-electron chi connectivity index (χ2n) is 9.04. The summed E-state index contributed by atoms with van der Waals surface area (Å²) in [6, 6.07) is 7.91. The maximum Gasteiger partial charge on any atom is 0.291 e. The van der Waals surface area contributed by atoms with Crippen LogP contribution in [-0.4, -0.2) is 53.9 Å². The van der Waals surface area contributed by atoms with Crippen LogP contribution >= 0.6 is 0 Å². The fraction of sp³-hybridized carbons (Fsp3) is 0.760. The lowest BCUT2D eigenvalue weighted by molar-refractivity contribution is -0.578. The third kappa shape index (κ3) is 7.72. The highest BCUT2D eigenvalue weighted by molar-refractivity contribution is 5.16. The standard InChI is InChI=1S/C25H39NO7/c1-2-3-4-5-6-7-8-9-10-14-17-30-25-21(26(28)29)22(27)23-20(32-25)18-31-24(33-23)19-15-12-11-13-16-19/h11-13,15-16,20-25,27H,2-10,14,17-18H2,1H3/t20-,21-,22-,23-,24?,25-/m1/s1. The minimum Gasteiger partial charge on any atom is -0.383 e. The number of hydrogen-bond acceptors (Lipinski definition) is 7. The predicted molar refractivity (Wildman–Crippen MR) is 123 cm³/mol. The van der Waals surface area contributed by atoms with E-state index in [2.05, 4.69) is 6.92 Å². The summed E-state index contributed by atoms with van der Waals surface area (Å²) in [5.74, 6) is 0. The number of nitro groups is 1. The summed E-state index contributed by atoms with van der Waals surface area (Å²) in [7, 11) is 0. The Kier molecular flexibility index (Phi) is 11.0. The summed E-state index contributed by atoms with van der Waals surface area (Å²) in [6.45, 7) is 2.76. The van der Waals surface area contributed by atoms with Crippen molar-refractivity contribution in [2.45, 2.75) is 108 Å². The lowest BCUT2D eigenvalue weighted by Crippen LogP contribution is -2.64. The van der Waals surface area contributed by atoms with Crippen molar-refractivity contribution in [1.29, 1.82) is 0 Å². The maximum atomic E-state index is 11.7. The SMILES string of the molecule is CCCCCCCCCCCCO[C@@H]1O[C@@H]2COC(c3ccccc3)O[C@H]2[C@H](O)[C@H]1[N+](=O)[O-]. The van der Waals surface area contributed by atoms with Crippen molar-refractivity contribution in [1.82, 2.24) is 0 Å². The van der Waals surface area contributed by atoms with Crippen molar-refractivity contribution < 1.29 is 29.0 Å². The van der Waals surface area contributed by atoms with Gasteiger partial charge < -0.3 is 24.1 Å². The Hall–Kier alpha value is -1.58. The van der Waals surface area contributed by atoms with Gasteiger partial charge in [0.2, 0.25) is 6.29 Å². The van der Waals surface area contributed by atoms with E-state index >= 15 is 0 Å². The highest BCUT2D eigenvalue weighted by Crippen LogP contribution is 2.35. The van der Waals surface area contributed by atoms with Crippen LogP contribution in [0.5, 0.6) is 0 Å². The van der Waals surface area contributed by atoms with Gasteiger partial charge in [-0.25, -0.2) is 0 Å². The van der Waals surface area contributed by atoms with Gasteiger partial charge in [0.15, 0.2) is 12.4 Å². The summed E-state index contributed by atoms with van der Waals surface area (Å²) in [5, 5.41) is 22.5. The monoisotopic (exact) mass is 465 g/mol. The van der Waals surface area contributed by atoms with Gasteiger partial charge >= 0.3 is 0 Å². The van der Waals surface area contributed by atoms with E-state index in [1.54, 1.807) is 0 Å². The molecule has 1 aromatic rings. The molecule has 1 N–H and O–H groups in total. The van der Waals surface area contributed by atoms with E-state index < -0.39 is 41.9 Å². The summed E-state index contributed by atoms with van der Waals surface area (Å²) in [5.41, 5.74) is 0.792. The summed E-state index contributed by atoms with van der Waals surface area (Å²) >= 11 is 0. The molecule has 0 spiro atoms. The molecule has 33 heavy (non-hydrogen) atoms. The van der Waals surface area contributed by atoms with Crippen LogP contribution in [0.1, 0.15) is 83.0 Å². The number of ether oxygens (including phenoxy) is 4. The Morgan fingerprint density at radius 1 is 1.00 bits per heavy atom. The largest absolute Gasteiger partial charge is 0.383 e. The first-order valence-electron chi connectivity index (χ1n) is 12.5. The zero-order chi connectivity index (χ0) is 23.5. The molecule has 2 heterocycles. The van der Waals surface area contributed by atoms with Crippen LogP contribution in [0, 0.1) is 10.1 Å². The average Bonchev–Trinajstić information content (AvgIpc) is 2.82. The minimum absolute atomic E-state index is 0.170. The minimum atomic E-state index is -1.40. The lowest BCUT2D eigenvalue weighted by atomic mass is 9.96. The smallest absolute Gasteiger partial charge is 0.291 e. The van der Waals surface area contributed by atoms with Crippen molar-refractivity contribution >= 4 is 0 Å². The molecule has 2 fully saturated rings. The Labute approximate surface area is 196 Å². The predicted octanol–water partition coefficient (Wildman–Crippen LogP) is 4.77. The number of fused-ring (bicyclic) bond motifs is 1. The third-order valence-electron chi connectivity index (χ3n) is 6.43. The molecule has 186 valence electrons. The van der Waals surface area contributed by atoms with Gasteiger partial charge in [0.1, 0.15) is 12.2 Å². The molecule has 0 amide bonds. The number of rotatable bonds is 14. The Morgan fingerprint density at radius 2 is 1.64 bits per heavy atom. The molecule has 0 aliphatic carbocycles. The van der Waals surface area contributed by atoms with Crippen molar-refractivity contribution in [3.8, 4) is 0 Å². The van der Waals surface area contributed by atoms with Crippen molar-refractivity contribution in [2.75, 3.05) is 13.2 Å². The van der Waals surface area contributed by atoms with Crippen LogP contribution < -0.4 is 0 Å². The molecule has 2 aliphatic rings. The van der Waals surface area contributed by atoms with Gasteiger partial charge in [-0.2, -0.15) is 0 Å². The molecule has 0 bridgehead atoms. The molecule has 1 aromatic carbocycles. The Bertz CT molecular complexity index is 689. The second-order valence-corrected chi connectivity index (χ2v) is 9.04. The molecule has 8 nitrogen and oxygen atoms in total. The maximum absolute atomic E-state index is 11.7. The summed E-state index contributed by atoms with van der Waals surface area (Å²) in [6.07, 6.45) is 7.38. The summed E-state index contributed by atoms with van der Waals surface area (Å²) < 4.78 is 23.2. The van der Waals surface area contributed by atoms with Gasteiger partial charge in [-0.05, 0) is 6.42 Å². The highest BCUT2D eigenvalue weighted by atomic mass is 16.8. The Balaban J connectivity index is 1.40.